The van der Waals surface area contributed by atoms with E-state index in [4.69, 9.17) is 16.3 Å². The third-order valence-corrected chi connectivity index (χ3v) is 5.35. The Bertz CT molecular complexity index is 1090. The van der Waals surface area contributed by atoms with Crippen molar-refractivity contribution in [3.05, 3.63) is 51.6 Å². The van der Waals surface area contributed by atoms with Crippen molar-refractivity contribution in [2.75, 3.05) is 0 Å². The van der Waals surface area contributed by atoms with Crippen LogP contribution in [0.4, 0.5) is 8.78 Å². The molecule has 6 nitrogen and oxygen atoms in total. The number of carbonyl (C=O) groups excluding carboxylic acids is 2. The molecule has 2 amide bonds. The Labute approximate surface area is 173 Å². The molecule has 152 valence electrons. The van der Waals surface area contributed by atoms with Crippen molar-refractivity contribution in [2.24, 2.45) is 5.92 Å². The first-order chi connectivity index (χ1) is 13.8. The number of hydrogen-bond donors (Lipinski definition) is 1. The van der Waals surface area contributed by atoms with Crippen LogP contribution >= 0.6 is 22.9 Å². The smallest absolute Gasteiger partial charge is 0.263 e. The van der Waals surface area contributed by atoms with E-state index in [1.807, 2.05) is 5.32 Å². The molecule has 1 atom stereocenters. The van der Waals surface area contributed by atoms with Crippen LogP contribution < -0.4 is 10.1 Å². The maximum atomic E-state index is 14.7. The number of fused-ring (bicyclic) bond motifs is 1. The zero-order chi connectivity index (χ0) is 21.1. The van der Waals surface area contributed by atoms with Gasteiger partial charge in [0.25, 0.3) is 5.91 Å². The molecular weight excluding hydrogens is 424 g/mol. The Morgan fingerprint density at radius 3 is 2.83 bits per heavy atom. The molecule has 29 heavy (non-hydrogen) atoms. The molecule has 3 aromatic rings. The van der Waals surface area contributed by atoms with Crippen LogP contribution in [0.5, 0.6) is 5.75 Å². The van der Waals surface area contributed by atoms with E-state index in [0.29, 0.717) is 26.8 Å². The summed E-state index contributed by atoms with van der Waals surface area (Å²) in [6, 6.07) is 3.61. The third-order valence-electron chi connectivity index (χ3n) is 4.19. The van der Waals surface area contributed by atoms with Gasteiger partial charge in [0.05, 0.1) is 5.02 Å². The van der Waals surface area contributed by atoms with Crippen molar-refractivity contribution in [2.45, 2.75) is 26.9 Å². The highest BCUT2D eigenvalue weighted by atomic mass is 35.5. The Balaban J connectivity index is 1.78. The summed E-state index contributed by atoms with van der Waals surface area (Å²) in [6.07, 6.45) is 1.97. The summed E-state index contributed by atoms with van der Waals surface area (Å²) in [5.41, 5.74) is -0.304. The fourth-order valence-electron chi connectivity index (χ4n) is 2.38. The lowest BCUT2D eigenvalue weighted by Gasteiger charge is -2.12. The lowest BCUT2D eigenvalue weighted by atomic mass is 10.1. The number of aromatic nitrogens is 2. The molecule has 1 aromatic carbocycles. The molecule has 0 aliphatic heterocycles. The molecule has 10 heteroatoms. The first-order valence-corrected chi connectivity index (χ1v) is 9.86. The summed E-state index contributed by atoms with van der Waals surface area (Å²) in [5, 5.41) is 2.94. The predicted octanol–water partition coefficient (Wildman–Crippen LogP) is 4.50. The number of amides is 2. The SMILES string of the molecule is CCC(C)C(=O)NC(=O)c1c(F)ccc(OCc2nc3cc(Cl)cnc3s2)c1F. The normalized spacial score (nSPS) is 12.0. The Hall–Kier alpha value is -2.65. The van der Waals surface area contributed by atoms with E-state index in [0.717, 1.165) is 12.1 Å². The molecule has 0 spiro atoms. The molecule has 2 aromatic heterocycles. The zero-order valence-corrected chi connectivity index (χ0v) is 17.0. The van der Waals surface area contributed by atoms with Crippen molar-refractivity contribution < 1.29 is 23.1 Å². The Kier molecular flexibility index (Phi) is 6.39. The van der Waals surface area contributed by atoms with Gasteiger partial charge in [-0.05, 0) is 24.6 Å². The summed E-state index contributed by atoms with van der Waals surface area (Å²) in [7, 11) is 0. The van der Waals surface area contributed by atoms with Crippen molar-refractivity contribution in [1.82, 2.24) is 15.3 Å². The first kappa shape index (κ1) is 21.1. The highest BCUT2D eigenvalue weighted by Gasteiger charge is 2.24. The van der Waals surface area contributed by atoms with E-state index in [9.17, 15) is 18.4 Å². The number of carbonyl (C=O) groups is 2. The number of benzene rings is 1. The monoisotopic (exact) mass is 439 g/mol. The molecule has 0 saturated heterocycles. The maximum absolute atomic E-state index is 14.7. The lowest BCUT2D eigenvalue weighted by Crippen LogP contribution is -2.35. The second kappa shape index (κ2) is 8.79. The number of hydrogen-bond acceptors (Lipinski definition) is 6. The zero-order valence-electron chi connectivity index (χ0n) is 15.5. The molecule has 1 unspecified atom stereocenters. The van der Waals surface area contributed by atoms with Gasteiger partial charge in [-0.15, -0.1) is 0 Å². The highest BCUT2D eigenvalue weighted by molar-refractivity contribution is 7.18. The summed E-state index contributed by atoms with van der Waals surface area (Å²) in [6.45, 7) is 3.25. The van der Waals surface area contributed by atoms with Crippen LogP contribution in [0.25, 0.3) is 10.3 Å². The van der Waals surface area contributed by atoms with Crippen LogP contribution in [0.3, 0.4) is 0 Å². The summed E-state index contributed by atoms with van der Waals surface area (Å²) >= 11 is 7.10. The minimum Gasteiger partial charge on any atom is -0.483 e. The standard InChI is InChI=1S/C19H16ClF2N3O3S/c1-3-9(2)17(26)25-18(27)15-11(21)4-5-13(16(15)22)28-8-14-24-12-6-10(20)7-23-19(12)29-14/h4-7,9H,3,8H2,1-2H3,(H,25,26,27). The summed E-state index contributed by atoms with van der Waals surface area (Å²) < 4.78 is 34.1. The van der Waals surface area contributed by atoms with Gasteiger partial charge in [-0.3, -0.25) is 14.9 Å². The first-order valence-electron chi connectivity index (χ1n) is 8.67. The minimum absolute atomic E-state index is 0.117. The minimum atomic E-state index is -1.19. The number of nitrogens with one attached hydrogen (secondary N) is 1. The van der Waals surface area contributed by atoms with Crippen LogP contribution in [-0.4, -0.2) is 21.8 Å². The van der Waals surface area contributed by atoms with Gasteiger partial charge in [0.15, 0.2) is 11.6 Å². The fraction of sp³-hybridized carbons (Fsp3) is 0.263. The summed E-state index contributed by atoms with van der Waals surface area (Å²) in [4.78, 5) is 33.1. The number of thiazole rings is 1. The second-order valence-electron chi connectivity index (χ2n) is 6.24. The van der Waals surface area contributed by atoms with Gasteiger partial charge in [-0.1, -0.05) is 36.8 Å². The largest absolute Gasteiger partial charge is 0.483 e. The molecule has 0 radical (unpaired) electrons. The van der Waals surface area contributed by atoms with Gasteiger partial charge in [0.2, 0.25) is 5.91 Å². The number of ether oxygens (including phenoxy) is 1. The quantitative estimate of drug-likeness (QED) is 0.611. The average Bonchev–Trinajstić information content (AvgIpc) is 3.08. The molecule has 3 rings (SSSR count). The number of rotatable bonds is 6. The van der Waals surface area contributed by atoms with Crippen LogP contribution in [-0.2, 0) is 11.4 Å². The molecular formula is C19H16ClF2N3O3S. The lowest BCUT2D eigenvalue weighted by molar-refractivity contribution is -0.123. The number of imide groups is 1. The molecule has 2 heterocycles. The van der Waals surface area contributed by atoms with Gasteiger partial charge in [-0.2, -0.15) is 0 Å². The topological polar surface area (TPSA) is 81.2 Å². The predicted molar refractivity (Wildman–Crippen MR) is 105 cm³/mol. The van der Waals surface area contributed by atoms with E-state index in [-0.39, 0.29) is 12.4 Å². The highest BCUT2D eigenvalue weighted by Crippen LogP contribution is 2.27. The number of nitrogens with zero attached hydrogens (tertiary/aromatic N) is 2. The van der Waals surface area contributed by atoms with Crippen LogP contribution in [0.1, 0.15) is 35.6 Å². The van der Waals surface area contributed by atoms with Crippen LogP contribution in [0, 0.1) is 17.6 Å². The number of halogens is 3. The summed E-state index contributed by atoms with van der Waals surface area (Å²) in [5.74, 6) is -4.86. The third kappa shape index (κ3) is 4.68. The van der Waals surface area contributed by atoms with Gasteiger partial charge in [0.1, 0.15) is 33.3 Å². The van der Waals surface area contributed by atoms with Crippen LogP contribution in [0.2, 0.25) is 5.02 Å². The van der Waals surface area contributed by atoms with E-state index in [1.54, 1.807) is 19.9 Å². The van der Waals surface area contributed by atoms with E-state index in [2.05, 4.69) is 9.97 Å². The maximum Gasteiger partial charge on any atom is 0.263 e. The Morgan fingerprint density at radius 2 is 2.10 bits per heavy atom. The van der Waals surface area contributed by atoms with E-state index in [1.165, 1.54) is 17.5 Å². The average molecular weight is 440 g/mol. The van der Waals surface area contributed by atoms with Crippen molar-refractivity contribution in [3.63, 3.8) is 0 Å². The van der Waals surface area contributed by atoms with E-state index >= 15 is 0 Å². The van der Waals surface area contributed by atoms with Crippen molar-refractivity contribution >= 4 is 45.1 Å². The fourth-order valence-corrected chi connectivity index (χ4v) is 3.33. The Morgan fingerprint density at radius 1 is 1.34 bits per heavy atom. The van der Waals surface area contributed by atoms with Gasteiger partial charge in [0, 0.05) is 12.1 Å². The molecule has 0 aliphatic rings. The van der Waals surface area contributed by atoms with E-state index < -0.39 is 34.9 Å². The van der Waals surface area contributed by atoms with Gasteiger partial charge >= 0.3 is 0 Å². The number of pyridine rings is 1. The molecule has 0 bridgehead atoms. The van der Waals surface area contributed by atoms with Crippen LogP contribution in [0.15, 0.2) is 24.4 Å². The molecule has 1 N–H and O–H groups in total. The van der Waals surface area contributed by atoms with Gasteiger partial charge < -0.3 is 4.74 Å². The van der Waals surface area contributed by atoms with Crippen molar-refractivity contribution in [3.8, 4) is 5.75 Å². The van der Waals surface area contributed by atoms with Gasteiger partial charge in [-0.25, -0.2) is 18.7 Å². The molecule has 0 aliphatic carbocycles. The molecule has 0 fully saturated rings. The van der Waals surface area contributed by atoms with Crippen molar-refractivity contribution in [1.29, 1.82) is 0 Å². The molecule has 0 saturated carbocycles. The second-order valence-corrected chi connectivity index (χ2v) is 7.73.